The zero-order valence-corrected chi connectivity index (χ0v) is 20.6. The van der Waals surface area contributed by atoms with Gasteiger partial charge in [0.25, 0.3) is 0 Å². The summed E-state index contributed by atoms with van der Waals surface area (Å²) in [6, 6.07) is 12.6. The van der Waals surface area contributed by atoms with E-state index in [1.54, 1.807) is 12.1 Å². The predicted molar refractivity (Wildman–Crippen MR) is 135 cm³/mol. The fraction of sp³-hybridized carbons (Fsp3) is 0.357. The van der Waals surface area contributed by atoms with Gasteiger partial charge in [-0.1, -0.05) is 58.7 Å². The fourth-order valence-electron chi connectivity index (χ4n) is 5.50. The second-order valence-electron chi connectivity index (χ2n) is 10.0. The molecule has 1 aromatic heterocycles. The van der Waals surface area contributed by atoms with Crippen LogP contribution in [0.25, 0.3) is 17.3 Å². The second kappa shape index (κ2) is 8.51. The molecule has 7 rings (SSSR count). The Hall–Kier alpha value is -2.60. The van der Waals surface area contributed by atoms with Gasteiger partial charge in [0, 0.05) is 22.5 Å². The molecule has 0 amide bonds. The van der Waals surface area contributed by atoms with E-state index < -0.39 is 5.97 Å². The largest absolute Gasteiger partial charge is 0.478 e. The first-order valence-electron chi connectivity index (χ1n) is 12.0. The Kier molecular flexibility index (Phi) is 5.55. The number of aromatic carboxylic acids is 1. The van der Waals surface area contributed by atoms with Gasteiger partial charge in [-0.25, -0.2) is 4.79 Å². The van der Waals surface area contributed by atoms with Crippen molar-refractivity contribution in [2.24, 2.45) is 5.41 Å². The number of benzene rings is 2. The van der Waals surface area contributed by atoms with E-state index in [0.29, 0.717) is 39.4 Å². The molecule has 4 aliphatic rings. The molecule has 3 aromatic rings. The van der Waals surface area contributed by atoms with E-state index in [2.05, 4.69) is 17.3 Å². The Morgan fingerprint density at radius 1 is 1.03 bits per heavy atom. The minimum Gasteiger partial charge on any atom is -0.478 e. The first-order chi connectivity index (χ1) is 16.9. The Bertz CT molecular complexity index is 1280. The lowest BCUT2D eigenvalue weighted by atomic mass is 9.64. The molecule has 2 saturated carbocycles. The molecule has 3 heterocycles. The monoisotopic (exact) mass is 509 g/mol. The summed E-state index contributed by atoms with van der Waals surface area (Å²) in [6.07, 6.45) is 10.4. The van der Waals surface area contributed by atoms with Gasteiger partial charge < -0.3 is 14.4 Å². The number of aromatic nitrogens is 1. The molecule has 2 saturated heterocycles. The smallest absolute Gasteiger partial charge is 0.335 e. The molecule has 0 radical (unpaired) electrons. The summed E-state index contributed by atoms with van der Waals surface area (Å²) in [7, 11) is 0. The molecule has 4 fully saturated rings. The molecule has 0 atom stereocenters. The maximum absolute atomic E-state index is 11.2. The van der Waals surface area contributed by atoms with Gasteiger partial charge in [0.2, 0.25) is 0 Å². The van der Waals surface area contributed by atoms with E-state index in [4.69, 9.17) is 32.5 Å². The second-order valence-corrected chi connectivity index (χ2v) is 10.9. The lowest BCUT2D eigenvalue weighted by Gasteiger charge is -2.52. The quantitative estimate of drug-likeness (QED) is 0.368. The van der Waals surface area contributed by atoms with Crippen LogP contribution in [0.15, 0.2) is 53.1 Å². The van der Waals surface area contributed by atoms with Crippen molar-refractivity contribution >= 4 is 35.2 Å². The van der Waals surface area contributed by atoms with E-state index in [1.807, 2.05) is 30.3 Å². The fourth-order valence-corrected chi connectivity index (χ4v) is 6.08. The summed E-state index contributed by atoms with van der Waals surface area (Å²) in [5, 5.41) is 14.7. The van der Waals surface area contributed by atoms with Crippen molar-refractivity contribution in [1.29, 1.82) is 0 Å². The van der Waals surface area contributed by atoms with Crippen molar-refractivity contribution < 1.29 is 19.2 Å². The highest BCUT2D eigenvalue weighted by molar-refractivity contribution is 6.39. The number of carbonyl (C=O) groups is 1. The SMILES string of the molecule is O=C(O)c1ccc(C23CCC(/C=C/c4c(-c5c(Cl)cccc5Cl)noc4C4CC4)(CC2)CO3)cc1. The number of carboxylic acids is 1. The normalized spacial score (nSPS) is 25.9. The van der Waals surface area contributed by atoms with Crippen LogP contribution in [0.3, 0.4) is 0 Å². The van der Waals surface area contributed by atoms with E-state index in [0.717, 1.165) is 55.4 Å². The molecule has 5 nitrogen and oxygen atoms in total. The lowest BCUT2D eigenvalue weighted by molar-refractivity contribution is -0.173. The molecular weight excluding hydrogens is 485 g/mol. The predicted octanol–water partition coefficient (Wildman–Crippen LogP) is 7.72. The standard InChI is InChI=1S/C28H25Cl2NO4/c29-21-2-1-3-22(30)23(21)24-20(25(35-31-24)17-4-5-17)10-11-27-12-14-28(15-13-27,34-16-27)19-8-6-18(7-9-19)26(32)33/h1-3,6-11,17H,4-5,12-16H2,(H,32,33)/b11-10+. The van der Waals surface area contributed by atoms with E-state index in [-0.39, 0.29) is 11.0 Å². The maximum atomic E-state index is 11.2. The van der Waals surface area contributed by atoms with Crippen molar-refractivity contribution in [3.05, 3.63) is 81.0 Å². The molecule has 1 N–H and O–H groups in total. The summed E-state index contributed by atoms with van der Waals surface area (Å²) >= 11 is 13.0. The Labute approximate surface area is 213 Å². The van der Waals surface area contributed by atoms with Gasteiger partial charge in [-0.3, -0.25) is 0 Å². The van der Waals surface area contributed by atoms with Crippen LogP contribution in [0.4, 0.5) is 0 Å². The van der Waals surface area contributed by atoms with Crippen LogP contribution in [0.1, 0.15) is 71.7 Å². The summed E-state index contributed by atoms with van der Waals surface area (Å²) in [5.74, 6) is 0.386. The Balaban J connectivity index is 1.28. The van der Waals surface area contributed by atoms with Gasteiger partial charge >= 0.3 is 5.97 Å². The molecule has 2 bridgehead atoms. The third-order valence-electron chi connectivity index (χ3n) is 7.85. The van der Waals surface area contributed by atoms with Gasteiger partial charge in [0.1, 0.15) is 11.5 Å². The molecule has 2 aliphatic heterocycles. The topological polar surface area (TPSA) is 72.6 Å². The zero-order chi connectivity index (χ0) is 24.2. The average Bonchev–Trinajstić information content (AvgIpc) is 3.64. The zero-order valence-electron chi connectivity index (χ0n) is 19.1. The number of rotatable bonds is 6. The minimum absolute atomic E-state index is 0.0532. The third-order valence-corrected chi connectivity index (χ3v) is 8.48. The van der Waals surface area contributed by atoms with E-state index >= 15 is 0 Å². The molecule has 2 aliphatic carbocycles. The maximum Gasteiger partial charge on any atom is 0.335 e. The van der Waals surface area contributed by atoms with Crippen molar-refractivity contribution in [2.45, 2.75) is 50.0 Å². The van der Waals surface area contributed by atoms with Gasteiger partial charge in [0.05, 0.1) is 27.8 Å². The number of carboxylic acid groups (broad SMARTS) is 1. The molecule has 35 heavy (non-hydrogen) atoms. The first kappa shape index (κ1) is 22.8. The van der Waals surface area contributed by atoms with Gasteiger partial charge in [-0.15, -0.1) is 0 Å². The van der Waals surface area contributed by atoms with Crippen LogP contribution < -0.4 is 0 Å². The van der Waals surface area contributed by atoms with Crippen molar-refractivity contribution in [3.8, 4) is 11.3 Å². The number of ether oxygens (including phenoxy) is 1. The van der Waals surface area contributed by atoms with Crippen LogP contribution >= 0.6 is 23.2 Å². The molecule has 7 heteroatoms. The lowest BCUT2D eigenvalue weighted by Crippen LogP contribution is -2.48. The third kappa shape index (κ3) is 4.00. The van der Waals surface area contributed by atoms with Crippen LogP contribution in [-0.2, 0) is 10.3 Å². The highest BCUT2D eigenvalue weighted by atomic mass is 35.5. The van der Waals surface area contributed by atoms with Gasteiger partial charge in [-0.2, -0.15) is 0 Å². The number of hydrogen-bond acceptors (Lipinski definition) is 4. The Morgan fingerprint density at radius 2 is 1.71 bits per heavy atom. The molecule has 2 aromatic carbocycles. The number of fused-ring (bicyclic) bond motifs is 3. The van der Waals surface area contributed by atoms with Gasteiger partial charge in [-0.05, 0) is 68.4 Å². The van der Waals surface area contributed by atoms with Crippen molar-refractivity contribution in [3.63, 3.8) is 0 Å². The minimum atomic E-state index is -0.914. The van der Waals surface area contributed by atoms with Crippen molar-refractivity contribution in [2.75, 3.05) is 6.61 Å². The van der Waals surface area contributed by atoms with Crippen LogP contribution in [-0.4, -0.2) is 22.8 Å². The van der Waals surface area contributed by atoms with Crippen molar-refractivity contribution in [1.82, 2.24) is 5.16 Å². The summed E-state index contributed by atoms with van der Waals surface area (Å²) in [4.78, 5) is 11.2. The summed E-state index contributed by atoms with van der Waals surface area (Å²) in [5.41, 5.74) is 3.32. The molecule has 180 valence electrons. The summed E-state index contributed by atoms with van der Waals surface area (Å²) < 4.78 is 12.3. The van der Waals surface area contributed by atoms with Crippen LogP contribution in [0.5, 0.6) is 0 Å². The highest BCUT2D eigenvalue weighted by Crippen LogP contribution is 2.55. The van der Waals surface area contributed by atoms with Gasteiger partial charge in [0.15, 0.2) is 0 Å². The molecule has 0 spiro atoms. The van der Waals surface area contributed by atoms with Crippen LogP contribution in [0.2, 0.25) is 10.0 Å². The number of hydrogen-bond donors (Lipinski definition) is 1. The van der Waals surface area contributed by atoms with E-state index in [1.165, 1.54) is 0 Å². The highest BCUT2D eigenvalue weighted by Gasteiger charge is 2.49. The van der Waals surface area contributed by atoms with Crippen LogP contribution in [0, 0.1) is 5.41 Å². The summed E-state index contributed by atoms with van der Waals surface area (Å²) in [6.45, 7) is 0.621. The first-order valence-corrected chi connectivity index (χ1v) is 12.8. The number of nitrogens with zero attached hydrogens (tertiary/aromatic N) is 1. The Morgan fingerprint density at radius 3 is 2.29 bits per heavy atom. The average molecular weight is 510 g/mol. The molecular formula is C28H25Cl2NO4. The van der Waals surface area contributed by atoms with E-state index in [9.17, 15) is 9.90 Å². The number of halogens is 2. The molecule has 0 unspecified atom stereocenters.